The fraction of sp³-hybridized carbons (Fsp3) is 0.913. The quantitative estimate of drug-likeness (QED) is 0.0762. The van der Waals surface area contributed by atoms with Gasteiger partial charge < -0.3 is 89.3 Å². The lowest BCUT2D eigenvalue weighted by Crippen LogP contribution is -2.69. The Morgan fingerprint density at radius 2 is 1.60 bits per heavy atom. The van der Waals surface area contributed by atoms with Crippen molar-refractivity contribution in [3.63, 3.8) is 0 Å². The van der Waals surface area contributed by atoms with Crippen molar-refractivity contribution in [2.45, 2.75) is 111 Å². The first-order valence-corrected chi connectivity index (χ1v) is 13.8. The molecule has 42 heavy (non-hydrogen) atoms. The van der Waals surface area contributed by atoms with Gasteiger partial charge in [0.25, 0.3) is 0 Å². The molecule has 3 aliphatic rings. The number of carbonyl (C=O) groups is 1. The van der Waals surface area contributed by atoms with E-state index in [9.17, 15) is 35.4 Å². The second kappa shape index (κ2) is 15.3. The van der Waals surface area contributed by atoms with Gasteiger partial charge in [0.15, 0.2) is 18.5 Å². The van der Waals surface area contributed by atoms with Gasteiger partial charge in [-0.05, 0) is 19.4 Å². The molecule has 2 aliphatic heterocycles. The predicted octanol–water partition coefficient (Wildman–Crippen LogP) is -8.11. The number of hydrogen-bond donors (Lipinski definition) is 13. The molecule has 1 unspecified atom stereocenters. The number of aliphatic imine (C=N–C) groups is 1. The molecule has 0 aromatic heterocycles. The Kier molecular flexibility index (Phi) is 12.6. The molecule has 1 amide bonds. The number of carbonyl (C=O) groups excluding carboxylic acids is 1. The van der Waals surface area contributed by atoms with E-state index in [4.69, 9.17) is 53.3 Å². The van der Waals surface area contributed by atoms with E-state index >= 15 is 0 Å². The predicted molar refractivity (Wildman–Crippen MR) is 144 cm³/mol. The second-order valence-corrected chi connectivity index (χ2v) is 10.8. The minimum atomic E-state index is -1.64. The molecule has 0 aromatic carbocycles. The summed E-state index contributed by atoms with van der Waals surface area (Å²) in [4.78, 5) is 16.7. The molecule has 2 heterocycles. The third kappa shape index (κ3) is 8.01. The highest BCUT2D eigenvalue weighted by atomic mass is 16.7. The van der Waals surface area contributed by atoms with Crippen LogP contribution in [0.4, 0.5) is 0 Å². The first kappa shape index (κ1) is 34.7. The molecular formula is C23H46N8O11. The summed E-state index contributed by atoms with van der Waals surface area (Å²) < 4.78 is 23.3. The van der Waals surface area contributed by atoms with Crippen molar-refractivity contribution in [3.8, 4) is 0 Å². The zero-order valence-corrected chi connectivity index (χ0v) is 23.0. The molecule has 0 radical (unpaired) electrons. The van der Waals surface area contributed by atoms with Gasteiger partial charge in [-0.2, -0.15) is 0 Å². The highest BCUT2D eigenvalue weighted by Gasteiger charge is 2.51. The highest BCUT2D eigenvalue weighted by molar-refractivity contribution is 5.80. The summed E-state index contributed by atoms with van der Waals surface area (Å²) in [5.74, 6) is -1.11. The average Bonchev–Trinajstić information content (AvgIpc) is 2.93. The van der Waals surface area contributed by atoms with Crippen molar-refractivity contribution in [1.82, 2.24) is 5.32 Å². The van der Waals surface area contributed by atoms with Crippen LogP contribution in [0.3, 0.4) is 0 Å². The van der Waals surface area contributed by atoms with Crippen molar-refractivity contribution in [2.24, 2.45) is 39.4 Å². The molecule has 0 bridgehead atoms. The third-order valence-electron chi connectivity index (χ3n) is 7.69. The van der Waals surface area contributed by atoms with Gasteiger partial charge in [-0.15, -0.1) is 0 Å². The maximum Gasteiger partial charge on any atom is 0.249 e. The number of amides is 1. The number of hydrogen-bond acceptors (Lipinski definition) is 16. The molecule has 1 saturated carbocycles. The smallest absolute Gasteiger partial charge is 0.249 e. The lowest BCUT2D eigenvalue weighted by atomic mass is 9.83. The number of rotatable bonds is 11. The van der Waals surface area contributed by atoms with Crippen LogP contribution in [0, 0.1) is 0 Å². The van der Waals surface area contributed by atoms with E-state index in [1.54, 1.807) is 0 Å². The average molecular weight is 611 g/mol. The zero-order chi connectivity index (χ0) is 31.3. The number of nitrogens with two attached hydrogens (primary N) is 6. The lowest BCUT2D eigenvalue weighted by Gasteiger charge is -2.48. The van der Waals surface area contributed by atoms with Crippen molar-refractivity contribution in [2.75, 3.05) is 19.7 Å². The molecular weight excluding hydrogens is 564 g/mol. The summed E-state index contributed by atoms with van der Waals surface area (Å²) >= 11 is 0. The van der Waals surface area contributed by atoms with Gasteiger partial charge >= 0.3 is 0 Å². The third-order valence-corrected chi connectivity index (χ3v) is 7.69. The van der Waals surface area contributed by atoms with Gasteiger partial charge in [-0.25, -0.2) is 4.99 Å². The van der Waals surface area contributed by atoms with Gasteiger partial charge in [0.05, 0.1) is 30.9 Å². The number of nitrogens with zero attached hydrogens (tertiary/aromatic N) is 1. The van der Waals surface area contributed by atoms with Crippen molar-refractivity contribution in [3.05, 3.63) is 0 Å². The number of aliphatic hydroxyl groups excluding tert-OH is 6. The van der Waals surface area contributed by atoms with E-state index in [1.165, 1.54) is 0 Å². The Balaban J connectivity index is 1.88. The van der Waals surface area contributed by atoms with Crippen molar-refractivity contribution in [1.29, 1.82) is 0 Å². The first-order chi connectivity index (χ1) is 19.8. The van der Waals surface area contributed by atoms with E-state index in [0.717, 1.165) is 0 Å². The van der Waals surface area contributed by atoms with Gasteiger partial charge in [0.1, 0.15) is 48.8 Å². The maximum absolute atomic E-state index is 12.7. The molecule has 19 heteroatoms. The molecule has 19 nitrogen and oxygen atoms in total. The van der Waals surface area contributed by atoms with E-state index in [1.807, 2.05) is 0 Å². The number of nitrogens with one attached hydrogen (secondary N) is 1. The monoisotopic (exact) mass is 610 g/mol. The van der Waals surface area contributed by atoms with E-state index in [2.05, 4.69) is 10.3 Å². The first-order valence-electron chi connectivity index (χ1n) is 13.8. The SMILES string of the molecule is NCC[C@H](O)C(=O)N[C@@H]1C[C@H](N)C(O[C@H]2O[C@H](CN)[C@@H](O)C[C@H]2N=C(N)N)[C@H](O)[C@H]1O[C@H]1O[C@H](CO)[C@@H](O)[C@H](N)[C@H]1O. The molecule has 15 atom stereocenters. The standard InChI is InChI=1S/C23H46N8O11/c24-2-1-10(33)20(38)30-8-3-7(26)18(41-21-9(31-23(28)29)4-11(34)12(5-25)39-21)17(37)19(8)42-22-16(36)14(27)15(35)13(6-32)40-22/h7-19,21-22,32-37H,1-6,24-27H2,(H,30,38)(H4,28,29,31)/t7-,8+,9+,10-,11-,12+,13+,14-,15+,16+,17-,18?,19-,21+,22+/m0/s1. The fourth-order valence-corrected chi connectivity index (χ4v) is 5.35. The number of ether oxygens (including phenoxy) is 4. The molecule has 0 aromatic rings. The summed E-state index contributed by atoms with van der Waals surface area (Å²) in [6, 6.07) is -4.20. The van der Waals surface area contributed by atoms with Crippen LogP contribution >= 0.6 is 0 Å². The number of guanidine groups is 1. The zero-order valence-electron chi connectivity index (χ0n) is 23.0. The van der Waals surface area contributed by atoms with Crippen LogP contribution < -0.4 is 39.7 Å². The molecule has 2 saturated heterocycles. The number of aliphatic hydroxyl groups is 6. The van der Waals surface area contributed by atoms with Crippen LogP contribution in [-0.4, -0.2) is 154 Å². The van der Waals surface area contributed by atoms with Gasteiger partial charge in [-0.3, -0.25) is 4.79 Å². The van der Waals surface area contributed by atoms with E-state index in [-0.39, 0.29) is 38.3 Å². The minimum Gasteiger partial charge on any atom is -0.394 e. The van der Waals surface area contributed by atoms with Gasteiger partial charge in [0, 0.05) is 19.0 Å². The van der Waals surface area contributed by atoms with Crippen LogP contribution in [0.2, 0.25) is 0 Å². The largest absolute Gasteiger partial charge is 0.394 e. The van der Waals surface area contributed by atoms with Crippen LogP contribution in [-0.2, 0) is 23.7 Å². The summed E-state index contributed by atoms with van der Waals surface area (Å²) in [6.07, 6.45) is -14.7. The van der Waals surface area contributed by atoms with E-state index < -0.39 is 104 Å². The molecule has 0 spiro atoms. The molecule has 3 rings (SSSR count). The molecule has 3 fully saturated rings. The Bertz CT molecular complexity index is 902. The van der Waals surface area contributed by atoms with Crippen LogP contribution in [0.1, 0.15) is 19.3 Å². The Hall–Kier alpha value is -1.82. The Morgan fingerprint density at radius 3 is 2.19 bits per heavy atom. The van der Waals surface area contributed by atoms with Gasteiger partial charge in [-0.1, -0.05) is 0 Å². The normalized spacial score (nSPS) is 43.4. The maximum atomic E-state index is 12.7. The fourth-order valence-electron chi connectivity index (χ4n) is 5.35. The highest BCUT2D eigenvalue weighted by Crippen LogP contribution is 2.32. The molecule has 244 valence electrons. The van der Waals surface area contributed by atoms with E-state index in [0.29, 0.717) is 0 Å². The van der Waals surface area contributed by atoms with Gasteiger partial charge in [0.2, 0.25) is 5.91 Å². The van der Waals surface area contributed by atoms with Crippen molar-refractivity contribution >= 4 is 11.9 Å². The summed E-state index contributed by atoms with van der Waals surface area (Å²) in [6.45, 7) is -0.691. The molecule has 1 aliphatic carbocycles. The lowest BCUT2D eigenvalue weighted by molar-refractivity contribution is -0.315. The van der Waals surface area contributed by atoms with Crippen LogP contribution in [0.15, 0.2) is 4.99 Å². The van der Waals surface area contributed by atoms with Crippen molar-refractivity contribution < 1.29 is 54.4 Å². The topological polar surface area (TPSA) is 356 Å². The second-order valence-electron chi connectivity index (χ2n) is 10.8. The van der Waals surface area contributed by atoms with Crippen LogP contribution in [0.25, 0.3) is 0 Å². The molecule has 19 N–H and O–H groups in total. The Labute approximate surface area is 242 Å². The summed E-state index contributed by atoms with van der Waals surface area (Å²) in [5.41, 5.74) is 34.5. The summed E-state index contributed by atoms with van der Waals surface area (Å²) in [5, 5.41) is 65.0. The Morgan fingerprint density at radius 1 is 0.952 bits per heavy atom. The summed E-state index contributed by atoms with van der Waals surface area (Å²) in [7, 11) is 0. The minimum absolute atomic E-state index is 0.0188. The van der Waals surface area contributed by atoms with Crippen LogP contribution in [0.5, 0.6) is 0 Å².